The van der Waals surface area contributed by atoms with Gasteiger partial charge in [0.15, 0.2) is 0 Å². The van der Waals surface area contributed by atoms with Crippen LogP contribution in [-0.2, 0) is 0 Å². The topological polar surface area (TPSA) is 56.8 Å². The molecule has 0 aromatic heterocycles. The van der Waals surface area contributed by atoms with Crippen LogP contribution in [0.4, 0.5) is 5.69 Å². The van der Waals surface area contributed by atoms with Gasteiger partial charge in [-0.2, -0.15) is 0 Å². The Bertz CT molecular complexity index is 925. The number of hydrogen-bond acceptors (Lipinski definition) is 4. The number of ether oxygens (including phenoxy) is 3. The number of rotatable bonds is 9. The largest absolute Gasteiger partial charge is 0.490 e. The van der Waals surface area contributed by atoms with Crippen molar-refractivity contribution in [1.29, 1.82) is 0 Å². The highest BCUT2D eigenvalue weighted by Gasteiger charge is 2.15. The Morgan fingerprint density at radius 2 is 1.41 bits per heavy atom. The molecule has 0 aliphatic rings. The number of carbonyl (C=O) groups excluding carboxylic acids is 1. The molecule has 150 valence electrons. The molecule has 3 rings (SSSR count). The van der Waals surface area contributed by atoms with Crippen molar-refractivity contribution in [1.82, 2.24) is 0 Å². The molecule has 0 aliphatic carbocycles. The summed E-state index contributed by atoms with van der Waals surface area (Å²) in [5, 5.41) is 2.91. The minimum absolute atomic E-state index is 0.0239. The maximum absolute atomic E-state index is 12.8. The molecule has 0 saturated carbocycles. The highest BCUT2D eigenvalue weighted by Crippen LogP contribution is 2.26. The van der Waals surface area contributed by atoms with Crippen LogP contribution in [0.1, 0.15) is 24.2 Å². The molecule has 5 nitrogen and oxygen atoms in total. The van der Waals surface area contributed by atoms with Crippen LogP contribution < -0.4 is 19.5 Å². The van der Waals surface area contributed by atoms with Gasteiger partial charge in [-0.25, -0.2) is 0 Å². The second-order valence-corrected chi connectivity index (χ2v) is 6.62. The van der Waals surface area contributed by atoms with Gasteiger partial charge in [0.1, 0.15) is 30.5 Å². The Kier molecular flexibility index (Phi) is 7.11. The van der Waals surface area contributed by atoms with Gasteiger partial charge < -0.3 is 19.5 Å². The standard InChI is InChI=1S/C24H25NO4/c1-18(2)29-22-14-8-6-12-20(22)24(26)25-21-13-7-9-15-23(21)28-17-16-27-19-10-4-3-5-11-19/h3-15,18H,16-17H2,1-2H3,(H,25,26). The Labute approximate surface area is 171 Å². The lowest BCUT2D eigenvalue weighted by molar-refractivity contribution is 0.102. The highest BCUT2D eigenvalue weighted by molar-refractivity contribution is 6.06. The van der Waals surface area contributed by atoms with E-state index in [-0.39, 0.29) is 12.0 Å². The first-order valence-electron chi connectivity index (χ1n) is 9.60. The Morgan fingerprint density at radius 3 is 2.17 bits per heavy atom. The van der Waals surface area contributed by atoms with Crippen molar-refractivity contribution in [2.75, 3.05) is 18.5 Å². The number of amides is 1. The second-order valence-electron chi connectivity index (χ2n) is 6.62. The van der Waals surface area contributed by atoms with E-state index in [1.807, 2.05) is 74.5 Å². The minimum atomic E-state index is -0.252. The predicted molar refractivity (Wildman–Crippen MR) is 114 cm³/mol. The fourth-order valence-corrected chi connectivity index (χ4v) is 2.72. The van der Waals surface area contributed by atoms with Gasteiger partial charge in [0, 0.05) is 0 Å². The molecule has 0 aliphatic heterocycles. The lowest BCUT2D eigenvalue weighted by Gasteiger charge is -2.16. The molecule has 1 amide bonds. The van der Waals surface area contributed by atoms with Gasteiger partial charge in [-0.3, -0.25) is 4.79 Å². The number of para-hydroxylation sites is 4. The zero-order valence-corrected chi connectivity index (χ0v) is 16.6. The van der Waals surface area contributed by atoms with Gasteiger partial charge in [-0.05, 0) is 50.2 Å². The summed E-state index contributed by atoms with van der Waals surface area (Å²) in [6.07, 6.45) is -0.0239. The van der Waals surface area contributed by atoms with Crippen molar-refractivity contribution in [3.63, 3.8) is 0 Å². The van der Waals surface area contributed by atoms with Crippen molar-refractivity contribution < 1.29 is 19.0 Å². The van der Waals surface area contributed by atoms with E-state index in [2.05, 4.69) is 5.32 Å². The summed E-state index contributed by atoms with van der Waals surface area (Å²) in [6.45, 7) is 4.61. The average molecular weight is 391 g/mol. The molecular weight excluding hydrogens is 366 g/mol. The fraction of sp³-hybridized carbons (Fsp3) is 0.208. The molecule has 29 heavy (non-hydrogen) atoms. The van der Waals surface area contributed by atoms with Crippen LogP contribution in [0, 0.1) is 0 Å². The van der Waals surface area contributed by atoms with Gasteiger partial charge in [0.05, 0.1) is 17.4 Å². The van der Waals surface area contributed by atoms with E-state index < -0.39 is 0 Å². The van der Waals surface area contributed by atoms with E-state index in [0.29, 0.717) is 36.0 Å². The van der Waals surface area contributed by atoms with Gasteiger partial charge >= 0.3 is 0 Å². The Balaban J connectivity index is 1.62. The Hall–Kier alpha value is -3.47. The van der Waals surface area contributed by atoms with Crippen molar-refractivity contribution in [3.05, 3.63) is 84.4 Å². The molecule has 0 unspecified atom stereocenters. The minimum Gasteiger partial charge on any atom is -0.490 e. The lowest BCUT2D eigenvalue weighted by Crippen LogP contribution is -2.17. The summed E-state index contributed by atoms with van der Waals surface area (Å²) in [5.41, 5.74) is 1.07. The third kappa shape index (κ3) is 6.01. The van der Waals surface area contributed by atoms with Crippen LogP contribution in [0.25, 0.3) is 0 Å². The zero-order valence-electron chi connectivity index (χ0n) is 16.6. The summed E-state index contributed by atoms with van der Waals surface area (Å²) in [5.74, 6) is 1.67. The molecule has 0 bridgehead atoms. The van der Waals surface area contributed by atoms with E-state index >= 15 is 0 Å². The van der Waals surface area contributed by atoms with Crippen molar-refractivity contribution >= 4 is 11.6 Å². The molecule has 0 heterocycles. The van der Waals surface area contributed by atoms with E-state index in [0.717, 1.165) is 5.75 Å². The molecule has 3 aromatic rings. The van der Waals surface area contributed by atoms with Crippen LogP contribution in [0.15, 0.2) is 78.9 Å². The summed E-state index contributed by atoms with van der Waals surface area (Å²) in [7, 11) is 0. The van der Waals surface area contributed by atoms with E-state index in [1.54, 1.807) is 18.2 Å². The number of carbonyl (C=O) groups is 1. The molecular formula is C24H25NO4. The summed E-state index contributed by atoms with van der Waals surface area (Å²) < 4.78 is 17.2. The SMILES string of the molecule is CC(C)Oc1ccccc1C(=O)Nc1ccccc1OCCOc1ccccc1. The van der Waals surface area contributed by atoms with Crippen LogP contribution in [0.3, 0.4) is 0 Å². The quantitative estimate of drug-likeness (QED) is 0.511. The third-order valence-electron chi connectivity index (χ3n) is 3.98. The van der Waals surface area contributed by atoms with Crippen molar-refractivity contribution in [3.8, 4) is 17.2 Å². The number of anilines is 1. The van der Waals surface area contributed by atoms with E-state index in [9.17, 15) is 4.79 Å². The van der Waals surface area contributed by atoms with Gasteiger partial charge in [0.2, 0.25) is 0 Å². The molecule has 0 fully saturated rings. The third-order valence-corrected chi connectivity index (χ3v) is 3.98. The van der Waals surface area contributed by atoms with Gasteiger partial charge in [0.25, 0.3) is 5.91 Å². The second kappa shape index (κ2) is 10.2. The number of benzene rings is 3. The van der Waals surface area contributed by atoms with Crippen LogP contribution in [0.2, 0.25) is 0 Å². The average Bonchev–Trinajstić information content (AvgIpc) is 2.73. The lowest BCUT2D eigenvalue weighted by atomic mass is 10.1. The monoisotopic (exact) mass is 391 g/mol. The molecule has 1 N–H and O–H groups in total. The molecule has 3 aromatic carbocycles. The molecule has 0 spiro atoms. The Morgan fingerprint density at radius 1 is 0.793 bits per heavy atom. The summed E-state index contributed by atoms with van der Waals surface area (Å²) in [4.78, 5) is 12.8. The number of nitrogens with one attached hydrogen (secondary N) is 1. The van der Waals surface area contributed by atoms with Crippen LogP contribution in [0.5, 0.6) is 17.2 Å². The molecule has 0 saturated heterocycles. The van der Waals surface area contributed by atoms with Crippen LogP contribution >= 0.6 is 0 Å². The maximum Gasteiger partial charge on any atom is 0.259 e. The first-order chi connectivity index (χ1) is 14.1. The fourth-order valence-electron chi connectivity index (χ4n) is 2.72. The van der Waals surface area contributed by atoms with Gasteiger partial charge in [-0.15, -0.1) is 0 Å². The molecule has 0 atom stereocenters. The van der Waals surface area contributed by atoms with E-state index in [1.165, 1.54) is 0 Å². The molecule has 5 heteroatoms. The van der Waals surface area contributed by atoms with E-state index in [4.69, 9.17) is 14.2 Å². The van der Waals surface area contributed by atoms with Crippen molar-refractivity contribution in [2.45, 2.75) is 20.0 Å². The maximum atomic E-state index is 12.8. The number of hydrogen-bond donors (Lipinski definition) is 1. The predicted octanol–water partition coefficient (Wildman–Crippen LogP) is 5.18. The van der Waals surface area contributed by atoms with Crippen LogP contribution in [-0.4, -0.2) is 25.2 Å². The molecule has 0 radical (unpaired) electrons. The van der Waals surface area contributed by atoms with Crippen molar-refractivity contribution in [2.24, 2.45) is 0 Å². The highest BCUT2D eigenvalue weighted by atomic mass is 16.5. The summed E-state index contributed by atoms with van der Waals surface area (Å²) in [6, 6.07) is 24.1. The normalized spacial score (nSPS) is 10.4. The van der Waals surface area contributed by atoms with Gasteiger partial charge in [-0.1, -0.05) is 42.5 Å². The first kappa shape index (κ1) is 20.3. The summed E-state index contributed by atoms with van der Waals surface area (Å²) >= 11 is 0. The first-order valence-corrected chi connectivity index (χ1v) is 9.60. The zero-order chi connectivity index (χ0) is 20.5. The smallest absolute Gasteiger partial charge is 0.259 e.